The molecule has 0 amide bonds. The Morgan fingerprint density at radius 3 is 2.12 bits per heavy atom. The summed E-state index contributed by atoms with van der Waals surface area (Å²) in [6, 6.07) is 0. The SMILES string of the molecule is Cl.O=S1(=O)CCNC1. The first kappa shape index (κ1) is 8.20. The maximum absolute atomic E-state index is 10.4. The number of hydrogen-bond acceptors (Lipinski definition) is 3. The summed E-state index contributed by atoms with van der Waals surface area (Å²) >= 11 is 0. The van der Waals surface area contributed by atoms with Crippen LogP contribution in [-0.2, 0) is 9.84 Å². The minimum Gasteiger partial charge on any atom is -0.303 e. The first-order chi connectivity index (χ1) is 3.21. The molecule has 50 valence electrons. The van der Waals surface area contributed by atoms with Crippen molar-refractivity contribution in [2.24, 2.45) is 0 Å². The van der Waals surface area contributed by atoms with Gasteiger partial charge >= 0.3 is 0 Å². The minimum absolute atomic E-state index is 0. The van der Waals surface area contributed by atoms with Crippen LogP contribution >= 0.6 is 12.4 Å². The zero-order valence-electron chi connectivity index (χ0n) is 4.25. The van der Waals surface area contributed by atoms with E-state index in [1.165, 1.54) is 0 Å². The molecule has 0 atom stereocenters. The first-order valence-electron chi connectivity index (χ1n) is 2.12. The summed E-state index contributed by atoms with van der Waals surface area (Å²) < 4.78 is 20.7. The van der Waals surface area contributed by atoms with E-state index in [2.05, 4.69) is 5.32 Å². The monoisotopic (exact) mass is 157 g/mol. The van der Waals surface area contributed by atoms with Gasteiger partial charge in [-0.15, -0.1) is 12.4 Å². The van der Waals surface area contributed by atoms with Crippen LogP contribution in [0, 0.1) is 0 Å². The molecule has 1 aliphatic rings. The van der Waals surface area contributed by atoms with Crippen molar-refractivity contribution in [3.63, 3.8) is 0 Å². The summed E-state index contributed by atoms with van der Waals surface area (Å²) in [5.74, 6) is 0.486. The van der Waals surface area contributed by atoms with Crippen LogP contribution < -0.4 is 5.32 Å². The van der Waals surface area contributed by atoms with Gasteiger partial charge < -0.3 is 5.32 Å². The molecule has 1 aliphatic heterocycles. The predicted molar refractivity (Wildman–Crippen MR) is 33.9 cm³/mol. The van der Waals surface area contributed by atoms with Gasteiger partial charge in [-0.25, -0.2) is 8.42 Å². The summed E-state index contributed by atoms with van der Waals surface area (Å²) in [4.78, 5) is 0. The third kappa shape index (κ3) is 1.98. The van der Waals surface area contributed by atoms with Gasteiger partial charge in [0, 0.05) is 6.54 Å². The summed E-state index contributed by atoms with van der Waals surface area (Å²) in [5.41, 5.74) is 0. The van der Waals surface area contributed by atoms with Crippen molar-refractivity contribution in [1.29, 1.82) is 0 Å². The van der Waals surface area contributed by atoms with Gasteiger partial charge in [-0.1, -0.05) is 0 Å². The molecule has 1 N–H and O–H groups in total. The topological polar surface area (TPSA) is 46.2 Å². The second-order valence-electron chi connectivity index (χ2n) is 1.59. The van der Waals surface area contributed by atoms with Crippen LogP contribution in [0.5, 0.6) is 0 Å². The molecule has 0 aromatic heterocycles. The van der Waals surface area contributed by atoms with Crippen molar-refractivity contribution in [3.05, 3.63) is 0 Å². The van der Waals surface area contributed by atoms with Gasteiger partial charge in [0.15, 0.2) is 9.84 Å². The normalized spacial score (nSPS) is 24.5. The number of sulfone groups is 1. The Morgan fingerprint density at radius 1 is 1.38 bits per heavy atom. The average molecular weight is 158 g/mol. The van der Waals surface area contributed by atoms with Crippen LogP contribution in [0.3, 0.4) is 0 Å². The molecule has 1 heterocycles. The summed E-state index contributed by atoms with van der Waals surface area (Å²) in [5, 5.41) is 2.72. The Balaban J connectivity index is 0.000000490. The van der Waals surface area contributed by atoms with E-state index in [4.69, 9.17) is 0 Å². The molecular weight excluding hydrogens is 150 g/mol. The summed E-state index contributed by atoms with van der Waals surface area (Å²) in [6.07, 6.45) is 0. The van der Waals surface area contributed by atoms with Crippen molar-refractivity contribution in [2.45, 2.75) is 0 Å². The van der Waals surface area contributed by atoms with Crippen molar-refractivity contribution in [2.75, 3.05) is 18.2 Å². The lowest BCUT2D eigenvalue weighted by molar-refractivity contribution is 0.601. The van der Waals surface area contributed by atoms with E-state index in [-0.39, 0.29) is 18.3 Å². The Kier molecular flexibility index (Phi) is 2.73. The van der Waals surface area contributed by atoms with Crippen LogP contribution in [0.4, 0.5) is 0 Å². The number of nitrogens with one attached hydrogen (secondary N) is 1. The zero-order chi connectivity index (χ0) is 5.33. The van der Waals surface area contributed by atoms with E-state index >= 15 is 0 Å². The van der Waals surface area contributed by atoms with Crippen molar-refractivity contribution in [1.82, 2.24) is 5.32 Å². The molecule has 0 bridgehead atoms. The van der Waals surface area contributed by atoms with Gasteiger partial charge in [-0.2, -0.15) is 0 Å². The second kappa shape index (κ2) is 2.66. The third-order valence-electron chi connectivity index (χ3n) is 0.912. The quantitative estimate of drug-likeness (QED) is 0.510. The molecule has 8 heavy (non-hydrogen) atoms. The Bertz CT molecular complexity index is 141. The van der Waals surface area contributed by atoms with E-state index in [1.54, 1.807) is 0 Å². The van der Waals surface area contributed by atoms with Gasteiger partial charge in [0.05, 0.1) is 11.6 Å². The molecule has 0 aromatic rings. The summed E-state index contributed by atoms with van der Waals surface area (Å²) in [7, 11) is -2.66. The maximum atomic E-state index is 10.4. The smallest absolute Gasteiger partial charge is 0.164 e. The lowest BCUT2D eigenvalue weighted by Gasteiger charge is -1.81. The first-order valence-corrected chi connectivity index (χ1v) is 3.94. The van der Waals surface area contributed by atoms with Crippen LogP contribution in [0.2, 0.25) is 0 Å². The highest BCUT2D eigenvalue weighted by atomic mass is 35.5. The Labute approximate surface area is 54.8 Å². The van der Waals surface area contributed by atoms with Crippen molar-refractivity contribution in [3.8, 4) is 0 Å². The lowest BCUT2D eigenvalue weighted by atomic mass is 10.8. The molecule has 0 radical (unpaired) electrons. The van der Waals surface area contributed by atoms with E-state index in [1.807, 2.05) is 0 Å². The van der Waals surface area contributed by atoms with Crippen LogP contribution in [-0.4, -0.2) is 26.6 Å². The van der Waals surface area contributed by atoms with Crippen LogP contribution in [0.25, 0.3) is 0 Å². The molecular formula is C3H8ClNO2S. The molecule has 0 spiro atoms. The van der Waals surface area contributed by atoms with E-state index in [0.29, 0.717) is 12.3 Å². The average Bonchev–Trinajstić information content (AvgIpc) is 1.84. The van der Waals surface area contributed by atoms with Crippen molar-refractivity contribution >= 4 is 22.2 Å². The van der Waals surface area contributed by atoms with Crippen molar-refractivity contribution < 1.29 is 8.42 Å². The maximum Gasteiger partial charge on any atom is 0.164 e. The Hall–Kier alpha value is 0.200. The highest BCUT2D eigenvalue weighted by molar-refractivity contribution is 7.91. The standard InChI is InChI=1S/C3H7NO2S.ClH/c5-7(6)2-1-4-3-7;/h4H,1-3H2;1H. The fraction of sp³-hybridized carbons (Fsp3) is 1.00. The van der Waals surface area contributed by atoms with E-state index in [0.717, 1.165) is 0 Å². The van der Waals surface area contributed by atoms with Crippen LogP contribution in [0.15, 0.2) is 0 Å². The highest BCUT2D eigenvalue weighted by Gasteiger charge is 2.15. The molecule has 3 nitrogen and oxygen atoms in total. The van der Waals surface area contributed by atoms with Gasteiger partial charge in [-0.3, -0.25) is 0 Å². The number of halogens is 1. The van der Waals surface area contributed by atoms with Crippen LogP contribution in [0.1, 0.15) is 0 Å². The molecule has 0 unspecified atom stereocenters. The third-order valence-corrected chi connectivity index (χ3v) is 2.38. The molecule has 0 saturated carbocycles. The molecule has 0 aliphatic carbocycles. The number of rotatable bonds is 0. The Morgan fingerprint density at radius 2 is 2.00 bits per heavy atom. The zero-order valence-corrected chi connectivity index (χ0v) is 5.89. The minimum atomic E-state index is -2.66. The van der Waals surface area contributed by atoms with Gasteiger partial charge in [0.1, 0.15) is 0 Å². The molecule has 1 fully saturated rings. The highest BCUT2D eigenvalue weighted by Crippen LogP contribution is 1.91. The predicted octanol–water partition coefficient (Wildman–Crippen LogP) is -0.616. The largest absolute Gasteiger partial charge is 0.303 e. The molecule has 0 aromatic carbocycles. The fourth-order valence-electron chi connectivity index (χ4n) is 0.528. The lowest BCUT2D eigenvalue weighted by Crippen LogP contribution is -2.07. The van der Waals surface area contributed by atoms with E-state index < -0.39 is 9.84 Å². The summed E-state index contributed by atoms with van der Waals surface area (Å²) in [6.45, 7) is 0.627. The van der Waals surface area contributed by atoms with E-state index in [9.17, 15) is 8.42 Å². The van der Waals surface area contributed by atoms with Gasteiger partial charge in [0.2, 0.25) is 0 Å². The fourth-order valence-corrected chi connectivity index (χ4v) is 1.58. The molecule has 1 rings (SSSR count). The van der Waals surface area contributed by atoms with Gasteiger partial charge in [0.25, 0.3) is 0 Å². The molecule has 5 heteroatoms. The number of hydrogen-bond donors (Lipinski definition) is 1. The molecule has 1 saturated heterocycles. The second-order valence-corrected chi connectivity index (χ2v) is 3.78. The van der Waals surface area contributed by atoms with Gasteiger partial charge in [-0.05, 0) is 0 Å².